The summed E-state index contributed by atoms with van der Waals surface area (Å²) in [5, 5.41) is 42.3. The topological polar surface area (TPSA) is 566 Å². The molecule has 16 aromatic rings. The monoisotopic (exact) mass is 2060 g/mol. The third kappa shape index (κ3) is 24.6. The second-order valence-corrected chi connectivity index (χ2v) is 33.7. The van der Waals surface area contributed by atoms with E-state index >= 15 is 0 Å². The Balaban J connectivity index is 0.000000139. The highest BCUT2D eigenvalue weighted by Gasteiger charge is 2.40. The van der Waals surface area contributed by atoms with E-state index in [2.05, 4.69) is 126 Å². The van der Waals surface area contributed by atoms with E-state index in [1.807, 2.05) is 69.4 Å². The van der Waals surface area contributed by atoms with Gasteiger partial charge in [-0.3, -0.25) is 53.8 Å². The molecule has 0 aliphatic carbocycles. The van der Waals surface area contributed by atoms with Crippen molar-refractivity contribution in [3.05, 3.63) is 240 Å². The molecule has 56 heteroatoms. The molecule has 3 fully saturated rings. The molecule has 15 aromatic heterocycles. The van der Waals surface area contributed by atoms with E-state index in [0.29, 0.717) is 84.2 Å². The average Bonchev–Trinajstić information content (AvgIpc) is 1.63. The van der Waals surface area contributed by atoms with E-state index < -0.39 is 77.0 Å². The minimum Gasteiger partial charge on any atom is -0.476 e. The SMILES string of the molecule is CN1CCN(c2ccncc2NC(=O)c2c(N)nn3ccc(C(F)(F)F)nc23)CC1.Cc1ccncc1NC(=O)c1c(N)nn2ccc(OCCN(C)C)nc12.NCC1CCN(c2ccncc2NC(=O)c2c(N)nn3ccc(C(F)(F)F)nc23)CC1.Nc1nn2ccc(C(F)(F)F)nc2c1C(=O)Nc1cnccc1-c1ccccc1.Nc1nn2ccc(C(F)(F)F)nc2c1C(=O)Nc1cnccc1N1CCN(CCO)CC1. The Morgan fingerprint density at radius 2 is 0.723 bits per heavy atom. The number of aryl methyl sites for hydroxylation is 1. The molecule has 0 unspecified atom stereocenters. The summed E-state index contributed by atoms with van der Waals surface area (Å²) in [6.07, 6.45) is 4.59. The van der Waals surface area contributed by atoms with Gasteiger partial charge in [-0.2, -0.15) is 57.7 Å². The van der Waals surface area contributed by atoms with Gasteiger partial charge in [-0.1, -0.05) is 30.3 Å². The summed E-state index contributed by atoms with van der Waals surface area (Å²) in [6.45, 7) is 12.0. The predicted molar refractivity (Wildman–Crippen MR) is 522 cm³/mol. The van der Waals surface area contributed by atoms with Crippen LogP contribution in [0.2, 0.25) is 0 Å². The van der Waals surface area contributed by atoms with Crippen LogP contribution < -0.4 is 80.4 Å². The van der Waals surface area contributed by atoms with Crippen molar-refractivity contribution < 1.29 is 86.5 Å². The molecule has 148 heavy (non-hydrogen) atoms. The van der Waals surface area contributed by atoms with Gasteiger partial charge in [0.1, 0.15) is 57.2 Å². The van der Waals surface area contributed by atoms with Crippen LogP contribution in [0.4, 0.5) is 127 Å². The number of piperazine rings is 2. The van der Waals surface area contributed by atoms with Crippen molar-refractivity contribution in [2.24, 2.45) is 11.7 Å². The number of nitrogens with one attached hydrogen (secondary N) is 5. The Morgan fingerprint density at radius 3 is 1.07 bits per heavy atom. The zero-order chi connectivity index (χ0) is 106. The van der Waals surface area contributed by atoms with Crippen LogP contribution in [0.25, 0.3) is 39.4 Å². The van der Waals surface area contributed by atoms with Crippen molar-refractivity contribution in [3.8, 4) is 17.0 Å². The number of aromatic nitrogens is 20. The summed E-state index contributed by atoms with van der Waals surface area (Å²) in [5.74, 6) is -3.25. The second-order valence-electron chi connectivity index (χ2n) is 33.7. The lowest BCUT2D eigenvalue weighted by molar-refractivity contribution is -0.141. The van der Waals surface area contributed by atoms with E-state index in [1.165, 1.54) is 29.3 Å². The Labute approximate surface area is 830 Å². The number of aliphatic hydroxyl groups excluding tert-OH is 1. The number of nitrogen functional groups attached to an aromatic ring is 5. The molecular formula is C92H95F12N37O7. The number of benzene rings is 1. The van der Waals surface area contributed by atoms with Gasteiger partial charge in [0.15, 0.2) is 57.3 Å². The minimum absolute atomic E-state index is 0.0850. The second kappa shape index (κ2) is 44.8. The van der Waals surface area contributed by atoms with E-state index in [-0.39, 0.29) is 86.1 Å². The van der Waals surface area contributed by atoms with Gasteiger partial charge in [0.25, 0.3) is 29.5 Å². The molecule has 1 aromatic carbocycles. The van der Waals surface area contributed by atoms with Crippen LogP contribution in [0.1, 0.15) is 93.0 Å². The molecule has 774 valence electrons. The molecule has 3 aliphatic rings. The van der Waals surface area contributed by atoms with Crippen LogP contribution >= 0.6 is 0 Å². The molecule has 18 heterocycles. The Bertz CT molecular complexity index is 7480. The normalized spacial score (nSPS) is 13.9. The lowest BCUT2D eigenvalue weighted by Crippen LogP contribution is -2.47. The van der Waals surface area contributed by atoms with E-state index in [1.54, 1.807) is 73.7 Å². The molecule has 3 saturated heterocycles. The number of pyridine rings is 5. The fraction of sp³-hybridized carbons (Fsp3) is 0.283. The zero-order valence-electron chi connectivity index (χ0n) is 78.9. The van der Waals surface area contributed by atoms with Crippen LogP contribution in [-0.2, 0) is 24.7 Å². The van der Waals surface area contributed by atoms with Crippen molar-refractivity contribution in [3.63, 3.8) is 0 Å². The molecule has 19 rings (SSSR count). The number of alkyl halides is 12. The van der Waals surface area contributed by atoms with Gasteiger partial charge in [-0.05, 0) is 119 Å². The number of fused-ring (bicyclic) bond motifs is 5. The van der Waals surface area contributed by atoms with Crippen LogP contribution in [0, 0.1) is 12.8 Å². The maximum Gasteiger partial charge on any atom is 0.433 e. The number of piperidine rings is 1. The standard InChI is InChI=1S/C19H21F3N8O2.C19H21F3N8O.C19H13F3N6O.C18H19F3N8O.C17H21N7O2/c20-19(21,22)14-2-4-30-17(26-14)15(16(23)27-30)18(32)25-12-11-24-3-1-13(12)29-7-5-28(6-8-29)9-10-31;20-19(21,22)14-4-8-30-17(27-14)15(16(24)28-30)18(31)26-12-10-25-5-1-13(12)29-6-2-11(9-23)3-7-29;20-19(21,22)14-7-9-28-17(26-14)15(16(23)27-28)18(29)25-13-10-24-8-6-12(13)11-4-2-1-3-5-11;1-27-6-8-28(9-7-27)12-2-4-23-10-11(12)24-17(30)14-15(22)26-29-5-3-13(18(19,20)21)25-16(14)29;1-11-4-6-19-10-12(11)20-17(25)14-15(18)22-24-7-5-13(21-16(14)24)26-9-8-23(2)3/h1-4,11,31H,5-10H2,(H2,23,27)(H,25,32);1,4-5,8,10-11H,2-3,6-7,9,23H2,(H2,24,28)(H,26,31);1-10H,(H2,23,27)(H,25,29);2-5,10H,6-9H2,1H3,(H2,22,26)(H,24,30);4-7,10H,8-9H2,1-3H3,(H2,18,22)(H,20,25). The number of rotatable bonds is 21. The first kappa shape index (κ1) is 105. The number of hydrogen-bond acceptors (Lipinski definition) is 34. The van der Waals surface area contributed by atoms with Crippen molar-refractivity contribution in [2.45, 2.75) is 44.5 Å². The maximum atomic E-state index is 13.1. The number of nitrogens with two attached hydrogens (primary N) is 6. The summed E-state index contributed by atoms with van der Waals surface area (Å²) in [7, 11) is 5.95. The lowest BCUT2D eigenvalue weighted by atomic mass is 9.97. The molecule has 0 radical (unpaired) electrons. The Hall–Kier alpha value is -17.4. The van der Waals surface area contributed by atoms with Crippen LogP contribution in [-0.4, -0.2) is 267 Å². The van der Waals surface area contributed by atoms with Crippen molar-refractivity contribution in [1.82, 2.24) is 113 Å². The smallest absolute Gasteiger partial charge is 0.433 e. The number of likely N-dealkylation sites (N-methyl/N-ethyl adjacent to an activating group) is 2. The quantitative estimate of drug-likeness (QED) is 0.0298. The van der Waals surface area contributed by atoms with Crippen molar-refractivity contribution >= 4 is 132 Å². The van der Waals surface area contributed by atoms with Crippen molar-refractivity contribution in [2.75, 3.05) is 189 Å². The number of aliphatic hydroxyl groups is 1. The fourth-order valence-electron chi connectivity index (χ4n) is 15.8. The third-order valence-corrected chi connectivity index (χ3v) is 23.5. The third-order valence-electron chi connectivity index (χ3n) is 23.5. The predicted octanol–water partition coefficient (Wildman–Crippen LogP) is 9.83. The van der Waals surface area contributed by atoms with Crippen LogP contribution in [0.3, 0.4) is 0 Å². The Morgan fingerprint density at radius 1 is 0.405 bits per heavy atom. The number of amides is 5. The number of carbonyl (C=O) groups is 5. The average molecular weight is 2060 g/mol. The summed E-state index contributed by atoms with van der Waals surface area (Å²) in [6, 6.07) is 22.8. The van der Waals surface area contributed by atoms with Crippen molar-refractivity contribution in [1.29, 1.82) is 0 Å². The number of hydrogen-bond donors (Lipinski definition) is 12. The van der Waals surface area contributed by atoms with E-state index in [9.17, 15) is 76.7 Å². The molecule has 0 bridgehead atoms. The van der Waals surface area contributed by atoms with E-state index in [0.717, 1.165) is 167 Å². The molecular weight excluding hydrogens is 1960 g/mol. The van der Waals surface area contributed by atoms with Gasteiger partial charge in [0.2, 0.25) is 5.88 Å². The number of nitrogens with zero attached hydrogens (tertiary/aromatic N) is 26. The summed E-state index contributed by atoms with van der Waals surface area (Å²) >= 11 is 0. The first-order valence-electron chi connectivity index (χ1n) is 45.2. The number of halogens is 12. The fourth-order valence-corrected chi connectivity index (χ4v) is 15.8. The van der Waals surface area contributed by atoms with E-state index in [4.69, 9.17) is 44.2 Å². The highest BCUT2D eigenvalue weighted by Crippen LogP contribution is 2.39. The van der Waals surface area contributed by atoms with Gasteiger partial charge in [-0.25, -0.2) is 42.5 Å². The Kier molecular flexibility index (Phi) is 31.8. The molecule has 3 aliphatic heterocycles. The largest absolute Gasteiger partial charge is 0.476 e. The highest BCUT2D eigenvalue weighted by atomic mass is 19.4. The van der Waals surface area contributed by atoms with Gasteiger partial charge in [0, 0.05) is 152 Å². The number of β-amino-alcohol motifs (C(OH)–C–C–N with tert-alkyl or cyclic N) is 1. The van der Waals surface area contributed by atoms with Gasteiger partial charge >= 0.3 is 24.7 Å². The number of ether oxygens (including phenoxy) is 1. The summed E-state index contributed by atoms with van der Waals surface area (Å²) in [4.78, 5) is 116. The lowest BCUT2D eigenvalue weighted by Gasteiger charge is -2.36. The zero-order valence-corrected chi connectivity index (χ0v) is 78.9. The molecule has 0 spiro atoms. The summed E-state index contributed by atoms with van der Waals surface area (Å²) < 4.78 is 168. The molecule has 0 atom stereocenters. The molecule has 0 saturated carbocycles. The van der Waals surface area contributed by atoms with Crippen LogP contribution in [0.15, 0.2) is 184 Å². The van der Waals surface area contributed by atoms with Gasteiger partial charge in [-0.15, -0.1) is 25.5 Å². The molecule has 44 nitrogen and oxygen atoms in total. The molecule has 5 amide bonds. The number of carbonyl (C=O) groups excluding carboxylic acids is 5. The first-order chi connectivity index (χ1) is 70.6. The minimum atomic E-state index is -4.68. The molecule has 18 N–H and O–H groups in total. The van der Waals surface area contributed by atoms with Gasteiger partial charge in [0.05, 0.1) is 83.1 Å². The number of anilines is 13. The van der Waals surface area contributed by atoms with Crippen LogP contribution in [0.5, 0.6) is 5.88 Å². The highest BCUT2D eigenvalue weighted by molar-refractivity contribution is 6.16. The van der Waals surface area contributed by atoms with Gasteiger partial charge < -0.3 is 95.3 Å². The summed E-state index contributed by atoms with van der Waals surface area (Å²) in [5.41, 5.74) is 35.7. The maximum absolute atomic E-state index is 13.1. The first-order valence-corrected chi connectivity index (χ1v) is 45.2.